The third kappa shape index (κ3) is 3.72. The minimum atomic E-state index is -1.04. The van der Waals surface area contributed by atoms with Gasteiger partial charge in [-0.15, -0.1) is 0 Å². The molecule has 0 radical (unpaired) electrons. The molecule has 0 aromatic heterocycles. The maximum Gasteiger partial charge on any atom is 0.326 e. The number of likely N-dealkylation sites (tertiary alicyclic amines) is 1. The van der Waals surface area contributed by atoms with Crippen LogP contribution < -0.4 is 5.73 Å². The van der Waals surface area contributed by atoms with Crippen molar-refractivity contribution in [1.29, 1.82) is 0 Å². The molecule has 0 saturated carbocycles. The van der Waals surface area contributed by atoms with Crippen molar-refractivity contribution < 1.29 is 19.8 Å². The Hall–Kier alpha value is -2.08. The lowest BCUT2D eigenvalue weighted by molar-refractivity contribution is -0.150. The molecule has 1 fully saturated rings. The number of carbonyl (C=O) groups is 2. The van der Waals surface area contributed by atoms with Crippen molar-refractivity contribution in [3.05, 3.63) is 29.8 Å². The Balaban J connectivity index is 2.19. The van der Waals surface area contributed by atoms with E-state index in [1.807, 2.05) is 0 Å². The van der Waals surface area contributed by atoms with Crippen LogP contribution in [0.3, 0.4) is 0 Å². The van der Waals surface area contributed by atoms with E-state index < -0.39 is 18.1 Å². The van der Waals surface area contributed by atoms with Gasteiger partial charge in [-0.1, -0.05) is 12.1 Å². The molecule has 6 nitrogen and oxygen atoms in total. The van der Waals surface area contributed by atoms with Gasteiger partial charge in [0.15, 0.2) is 0 Å². The molecular formula is C15H20N2O4. The summed E-state index contributed by atoms with van der Waals surface area (Å²) in [4.78, 5) is 25.2. The summed E-state index contributed by atoms with van der Waals surface area (Å²) in [6.07, 6.45) is 2.39. The number of amides is 1. The summed E-state index contributed by atoms with van der Waals surface area (Å²) < 4.78 is 0. The minimum Gasteiger partial charge on any atom is -0.508 e. The normalized spacial score (nSPS) is 20.9. The molecule has 2 unspecified atom stereocenters. The largest absolute Gasteiger partial charge is 0.508 e. The number of carboxylic acid groups (broad SMARTS) is 1. The molecule has 0 spiro atoms. The number of rotatable bonds is 4. The van der Waals surface area contributed by atoms with Crippen LogP contribution in [0.5, 0.6) is 5.75 Å². The van der Waals surface area contributed by atoms with Crippen molar-refractivity contribution in [3.8, 4) is 5.75 Å². The van der Waals surface area contributed by atoms with Crippen molar-refractivity contribution in [3.63, 3.8) is 0 Å². The molecule has 1 aromatic carbocycles. The molecule has 1 aliphatic heterocycles. The minimum absolute atomic E-state index is 0.124. The zero-order valence-electron chi connectivity index (χ0n) is 11.7. The highest BCUT2D eigenvalue weighted by Crippen LogP contribution is 2.18. The van der Waals surface area contributed by atoms with Crippen LogP contribution in [0.25, 0.3) is 0 Å². The Morgan fingerprint density at radius 1 is 1.33 bits per heavy atom. The lowest BCUT2D eigenvalue weighted by atomic mass is 10.0. The fraction of sp³-hybridized carbons (Fsp3) is 0.467. The third-order valence-corrected chi connectivity index (χ3v) is 3.79. The van der Waals surface area contributed by atoms with E-state index >= 15 is 0 Å². The van der Waals surface area contributed by atoms with E-state index in [0.29, 0.717) is 13.0 Å². The topological polar surface area (TPSA) is 104 Å². The number of hydrogen-bond donors (Lipinski definition) is 3. The molecule has 114 valence electrons. The summed E-state index contributed by atoms with van der Waals surface area (Å²) >= 11 is 0. The van der Waals surface area contributed by atoms with Gasteiger partial charge in [-0.3, -0.25) is 4.79 Å². The molecule has 1 aliphatic rings. The van der Waals surface area contributed by atoms with Gasteiger partial charge >= 0.3 is 5.97 Å². The zero-order valence-corrected chi connectivity index (χ0v) is 11.7. The summed E-state index contributed by atoms with van der Waals surface area (Å²) in [6.45, 7) is 0.418. The number of aromatic hydroxyl groups is 1. The summed E-state index contributed by atoms with van der Waals surface area (Å²) in [6, 6.07) is 4.79. The van der Waals surface area contributed by atoms with E-state index in [4.69, 9.17) is 5.73 Å². The molecule has 0 bridgehead atoms. The van der Waals surface area contributed by atoms with Gasteiger partial charge in [0.25, 0.3) is 0 Å². The first kappa shape index (κ1) is 15.3. The Bertz CT molecular complexity index is 515. The highest BCUT2D eigenvalue weighted by Gasteiger charge is 2.33. The molecule has 1 aromatic rings. The first-order chi connectivity index (χ1) is 9.99. The molecular weight excluding hydrogens is 272 g/mol. The molecule has 2 atom stereocenters. The predicted octanol–water partition coefficient (Wildman–Crippen LogP) is 0.728. The lowest BCUT2D eigenvalue weighted by Gasteiger charge is -2.29. The number of benzene rings is 1. The number of carbonyl (C=O) groups excluding carboxylic acids is 1. The van der Waals surface area contributed by atoms with Crippen molar-refractivity contribution in [1.82, 2.24) is 4.90 Å². The fourth-order valence-corrected chi connectivity index (χ4v) is 2.59. The number of hydrogen-bond acceptors (Lipinski definition) is 4. The predicted molar refractivity (Wildman–Crippen MR) is 76.8 cm³/mol. The Labute approximate surface area is 123 Å². The average molecular weight is 292 g/mol. The molecule has 1 amide bonds. The van der Waals surface area contributed by atoms with Crippen molar-refractivity contribution in [2.45, 2.75) is 37.8 Å². The van der Waals surface area contributed by atoms with Gasteiger partial charge in [-0.05, 0) is 37.0 Å². The maximum absolute atomic E-state index is 12.2. The maximum atomic E-state index is 12.2. The van der Waals surface area contributed by atoms with Crippen LogP contribution >= 0.6 is 0 Å². The van der Waals surface area contributed by atoms with E-state index in [9.17, 15) is 19.8 Å². The van der Waals surface area contributed by atoms with Crippen molar-refractivity contribution >= 4 is 11.9 Å². The Morgan fingerprint density at radius 3 is 2.62 bits per heavy atom. The zero-order chi connectivity index (χ0) is 15.4. The summed E-state index contributed by atoms with van der Waals surface area (Å²) in [5.74, 6) is -1.21. The number of aliphatic carboxylic acids is 1. The van der Waals surface area contributed by atoms with Crippen LogP contribution in [0, 0.1) is 0 Å². The summed E-state index contributed by atoms with van der Waals surface area (Å²) in [7, 11) is 0. The van der Waals surface area contributed by atoms with E-state index in [2.05, 4.69) is 0 Å². The van der Waals surface area contributed by atoms with Crippen LogP contribution in [0.15, 0.2) is 24.3 Å². The highest BCUT2D eigenvalue weighted by atomic mass is 16.4. The molecule has 0 aliphatic carbocycles. The van der Waals surface area contributed by atoms with Crippen molar-refractivity contribution in [2.24, 2.45) is 5.73 Å². The standard InChI is InChI=1S/C15H20N2O4/c16-12-3-1-2-8-17(14(12)19)13(15(20)21)9-10-4-6-11(18)7-5-10/h4-7,12-13,18H,1-3,8-9,16H2,(H,20,21). The smallest absolute Gasteiger partial charge is 0.326 e. The third-order valence-electron chi connectivity index (χ3n) is 3.79. The van der Waals surface area contributed by atoms with Crippen LogP contribution in [0.4, 0.5) is 0 Å². The number of phenols is 1. The van der Waals surface area contributed by atoms with Gasteiger partial charge in [0.1, 0.15) is 11.8 Å². The Kier molecular flexibility index (Phi) is 4.80. The van der Waals surface area contributed by atoms with E-state index in [-0.39, 0.29) is 18.1 Å². The van der Waals surface area contributed by atoms with Crippen LogP contribution in [0.2, 0.25) is 0 Å². The Morgan fingerprint density at radius 2 is 2.00 bits per heavy atom. The summed E-state index contributed by atoms with van der Waals surface area (Å²) in [5, 5.41) is 18.7. The quantitative estimate of drug-likeness (QED) is 0.759. The van der Waals surface area contributed by atoms with Crippen molar-refractivity contribution in [2.75, 3.05) is 6.54 Å². The SMILES string of the molecule is NC1CCCCN(C(Cc2ccc(O)cc2)C(=O)O)C1=O. The van der Waals surface area contributed by atoms with Gasteiger partial charge < -0.3 is 20.8 Å². The van der Waals surface area contributed by atoms with Crippen LogP contribution in [-0.4, -0.2) is 45.6 Å². The summed E-state index contributed by atoms with van der Waals surface area (Å²) in [5.41, 5.74) is 6.56. The first-order valence-corrected chi connectivity index (χ1v) is 7.06. The average Bonchev–Trinajstić information content (AvgIpc) is 2.61. The number of nitrogens with two attached hydrogens (primary N) is 1. The van der Waals surface area contributed by atoms with E-state index in [1.165, 1.54) is 17.0 Å². The second kappa shape index (κ2) is 6.58. The van der Waals surface area contributed by atoms with Gasteiger partial charge in [-0.25, -0.2) is 4.79 Å². The monoisotopic (exact) mass is 292 g/mol. The molecule has 4 N–H and O–H groups in total. The van der Waals surface area contributed by atoms with Gasteiger partial charge in [-0.2, -0.15) is 0 Å². The second-order valence-corrected chi connectivity index (χ2v) is 5.36. The molecule has 21 heavy (non-hydrogen) atoms. The first-order valence-electron chi connectivity index (χ1n) is 7.06. The van der Waals surface area contributed by atoms with Crippen LogP contribution in [0.1, 0.15) is 24.8 Å². The molecule has 1 heterocycles. The second-order valence-electron chi connectivity index (χ2n) is 5.36. The van der Waals surface area contributed by atoms with E-state index in [0.717, 1.165) is 18.4 Å². The van der Waals surface area contributed by atoms with Gasteiger partial charge in [0, 0.05) is 13.0 Å². The van der Waals surface area contributed by atoms with E-state index in [1.54, 1.807) is 12.1 Å². The lowest BCUT2D eigenvalue weighted by Crippen LogP contribution is -2.51. The number of nitrogens with zero attached hydrogens (tertiary/aromatic N) is 1. The number of phenolic OH excluding ortho intramolecular Hbond substituents is 1. The van der Waals surface area contributed by atoms with Gasteiger partial charge in [0.2, 0.25) is 5.91 Å². The molecule has 2 rings (SSSR count). The number of carboxylic acids is 1. The van der Waals surface area contributed by atoms with Crippen LogP contribution in [-0.2, 0) is 16.0 Å². The molecule has 1 saturated heterocycles. The molecule has 6 heteroatoms. The fourth-order valence-electron chi connectivity index (χ4n) is 2.59. The highest BCUT2D eigenvalue weighted by molar-refractivity contribution is 5.87. The van der Waals surface area contributed by atoms with Gasteiger partial charge in [0.05, 0.1) is 6.04 Å².